The van der Waals surface area contributed by atoms with E-state index < -0.39 is 0 Å². The van der Waals surface area contributed by atoms with Gasteiger partial charge in [-0.3, -0.25) is 4.79 Å². The van der Waals surface area contributed by atoms with Crippen LogP contribution >= 0.6 is 0 Å². The third-order valence-corrected chi connectivity index (χ3v) is 4.69. The molecule has 0 spiro atoms. The topological polar surface area (TPSA) is 64.4 Å². The number of benzene rings is 1. The second-order valence-corrected chi connectivity index (χ2v) is 6.24. The minimum absolute atomic E-state index is 0.127. The Morgan fingerprint density at radius 1 is 1.24 bits per heavy atom. The van der Waals surface area contributed by atoms with Crippen LogP contribution in [0.1, 0.15) is 44.1 Å². The highest BCUT2D eigenvalue weighted by Gasteiger charge is 2.50. The molecule has 0 atom stereocenters. The van der Waals surface area contributed by atoms with Crippen LogP contribution in [0.2, 0.25) is 0 Å². The lowest BCUT2D eigenvalue weighted by atomic mass is 9.95. The van der Waals surface area contributed by atoms with Crippen LogP contribution < -0.4 is 11.1 Å². The molecule has 2 aliphatic rings. The Kier molecular flexibility index (Phi) is 4.15. The first-order valence-electron chi connectivity index (χ1n) is 7.97. The summed E-state index contributed by atoms with van der Waals surface area (Å²) < 4.78 is 5.78. The molecule has 4 heteroatoms. The molecule has 0 radical (unpaired) electrons. The van der Waals surface area contributed by atoms with Crippen molar-refractivity contribution in [2.24, 2.45) is 0 Å². The van der Waals surface area contributed by atoms with Gasteiger partial charge in [-0.05, 0) is 43.4 Å². The van der Waals surface area contributed by atoms with Crippen molar-refractivity contribution in [2.75, 3.05) is 18.9 Å². The summed E-state index contributed by atoms with van der Waals surface area (Å²) in [5, 5.41) is 3.03. The molecule has 2 aliphatic carbocycles. The number of anilines is 1. The van der Waals surface area contributed by atoms with Gasteiger partial charge in [-0.1, -0.05) is 25.0 Å². The third-order valence-electron chi connectivity index (χ3n) is 4.69. The third kappa shape index (κ3) is 3.21. The zero-order valence-electron chi connectivity index (χ0n) is 12.4. The van der Waals surface area contributed by atoms with E-state index in [0.29, 0.717) is 19.3 Å². The number of carbonyl (C=O) groups excluding carboxylic acids is 1. The molecule has 0 aromatic heterocycles. The Morgan fingerprint density at radius 3 is 2.52 bits per heavy atom. The van der Waals surface area contributed by atoms with Gasteiger partial charge in [0.1, 0.15) is 0 Å². The number of nitrogen functional groups attached to an aromatic ring is 1. The van der Waals surface area contributed by atoms with Gasteiger partial charge < -0.3 is 15.8 Å². The van der Waals surface area contributed by atoms with E-state index in [-0.39, 0.29) is 11.3 Å². The van der Waals surface area contributed by atoms with Gasteiger partial charge in [0, 0.05) is 12.2 Å². The summed E-state index contributed by atoms with van der Waals surface area (Å²) in [6.07, 6.45) is 7.15. The molecule has 0 unspecified atom stereocenters. The number of nitrogens with two attached hydrogens (primary N) is 1. The van der Waals surface area contributed by atoms with Crippen LogP contribution in [0.15, 0.2) is 24.3 Å². The number of rotatable bonds is 6. The fourth-order valence-corrected chi connectivity index (χ4v) is 3.19. The van der Waals surface area contributed by atoms with Crippen LogP contribution in [0.25, 0.3) is 0 Å². The van der Waals surface area contributed by atoms with Gasteiger partial charge in [-0.25, -0.2) is 0 Å². The largest absolute Gasteiger partial charge is 0.399 e. The second kappa shape index (κ2) is 6.06. The molecular weight excluding hydrogens is 264 g/mol. The molecule has 114 valence electrons. The lowest BCUT2D eigenvalue weighted by Gasteiger charge is -2.17. The van der Waals surface area contributed by atoms with Crippen LogP contribution in [0, 0.1) is 0 Å². The second-order valence-electron chi connectivity index (χ2n) is 6.24. The smallest absolute Gasteiger partial charge is 0.230 e. The quantitative estimate of drug-likeness (QED) is 0.624. The summed E-state index contributed by atoms with van der Waals surface area (Å²) in [5.41, 5.74) is 7.20. The van der Waals surface area contributed by atoms with Crippen molar-refractivity contribution in [1.29, 1.82) is 0 Å². The van der Waals surface area contributed by atoms with Crippen molar-refractivity contribution in [3.8, 4) is 0 Å². The molecule has 0 bridgehead atoms. The van der Waals surface area contributed by atoms with Crippen LogP contribution in [0.5, 0.6) is 0 Å². The zero-order chi connectivity index (χ0) is 14.7. The monoisotopic (exact) mass is 288 g/mol. The van der Waals surface area contributed by atoms with E-state index in [1.807, 2.05) is 24.3 Å². The standard InChI is InChI=1S/C17H24N2O2/c18-14-7-5-13(6-8-14)17(9-10-17)16(20)19-11-12-21-15-3-1-2-4-15/h5-8,15H,1-4,9-12,18H2,(H,19,20). The minimum atomic E-state index is -0.318. The molecule has 1 amide bonds. The van der Waals surface area contributed by atoms with E-state index in [0.717, 1.165) is 24.1 Å². The Labute approximate surface area is 126 Å². The van der Waals surface area contributed by atoms with Gasteiger partial charge in [-0.2, -0.15) is 0 Å². The highest BCUT2D eigenvalue weighted by Crippen LogP contribution is 2.48. The predicted molar refractivity (Wildman–Crippen MR) is 83.0 cm³/mol. The summed E-state index contributed by atoms with van der Waals surface area (Å²) in [6, 6.07) is 7.67. The van der Waals surface area contributed by atoms with Gasteiger partial charge in [0.25, 0.3) is 0 Å². The molecule has 0 aliphatic heterocycles. The van der Waals surface area contributed by atoms with E-state index in [1.165, 1.54) is 25.7 Å². The Balaban J connectivity index is 1.47. The van der Waals surface area contributed by atoms with E-state index in [4.69, 9.17) is 10.5 Å². The summed E-state index contributed by atoms with van der Waals surface area (Å²) >= 11 is 0. The van der Waals surface area contributed by atoms with E-state index in [1.54, 1.807) is 0 Å². The normalized spacial score (nSPS) is 20.4. The molecule has 2 saturated carbocycles. The number of hydrogen-bond acceptors (Lipinski definition) is 3. The molecule has 1 aromatic rings. The molecule has 0 saturated heterocycles. The molecular formula is C17H24N2O2. The minimum Gasteiger partial charge on any atom is -0.399 e. The van der Waals surface area contributed by atoms with Crippen LogP contribution in [-0.2, 0) is 14.9 Å². The fourth-order valence-electron chi connectivity index (χ4n) is 3.19. The van der Waals surface area contributed by atoms with Gasteiger partial charge in [0.05, 0.1) is 18.1 Å². The Hall–Kier alpha value is -1.55. The molecule has 1 aromatic carbocycles. The average molecular weight is 288 g/mol. The van der Waals surface area contributed by atoms with Gasteiger partial charge in [0.15, 0.2) is 0 Å². The van der Waals surface area contributed by atoms with Crippen molar-refractivity contribution in [3.63, 3.8) is 0 Å². The average Bonchev–Trinajstić information content (AvgIpc) is 3.14. The number of hydrogen-bond donors (Lipinski definition) is 2. The lowest BCUT2D eigenvalue weighted by Crippen LogP contribution is -2.37. The van der Waals surface area contributed by atoms with Crippen molar-refractivity contribution in [2.45, 2.75) is 50.0 Å². The van der Waals surface area contributed by atoms with Crippen molar-refractivity contribution >= 4 is 11.6 Å². The van der Waals surface area contributed by atoms with E-state index >= 15 is 0 Å². The van der Waals surface area contributed by atoms with Crippen LogP contribution in [-0.4, -0.2) is 25.2 Å². The first-order valence-corrected chi connectivity index (χ1v) is 7.97. The van der Waals surface area contributed by atoms with Crippen molar-refractivity contribution in [3.05, 3.63) is 29.8 Å². The predicted octanol–water partition coefficient (Wildman–Crippen LogP) is 2.38. The molecule has 4 nitrogen and oxygen atoms in total. The lowest BCUT2D eigenvalue weighted by molar-refractivity contribution is -0.123. The van der Waals surface area contributed by atoms with Gasteiger partial charge in [0.2, 0.25) is 5.91 Å². The van der Waals surface area contributed by atoms with E-state index in [9.17, 15) is 4.79 Å². The number of nitrogens with one attached hydrogen (secondary N) is 1. The molecule has 21 heavy (non-hydrogen) atoms. The highest BCUT2D eigenvalue weighted by molar-refractivity contribution is 5.91. The van der Waals surface area contributed by atoms with Gasteiger partial charge >= 0.3 is 0 Å². The Bertz CT molecular complexity index is 488. The SMILES string of the molecule is Nc1ccc(C2(C(=O)NCCOC3CCCC3)CC2)cc1. The first-order chi connectivity index (χ1) is 10.2. The summed E-state index contributed by atoms with van der Waals surface area (Å²) in [5.74, 6) is 0.127. The maximum atomic E-state index is 12.4. The Morgan fingerprint density at radius 2 is 1.90 bits per heavy atom. The zero-order valence-corrected chi connectivity index (χ0v) is 12.4. The van der Waals surface area contributed by atoms with Crippen LogP contribution in [0.3, 0.4) is 0 Å². The highest BCUT2D eigenvalue weighted by atomic mass is 16.5. The first kappa shape index (κ1) is 14.4. The summed E-state index contributed by atoms with van der Waals surface area (Å²) in [4.78, 5) is 12.4. The molecule has 2 fully saturated rings. The van der Waals surface area contributed by atoms with Crippen molar-refractivity contribution < 1.29 is 9.53 Å². The van der Waals surface area contributed by atoms with E-state index in [2.05, 4.69) is 5.32 Å². The maximum Gasteiger partial charge on any atom is 0.230 e. The molecule has 3 rings (SSSR count). The summed E-state index contributed by atoms with van der Waals surface area (Å²) in [7, 11) is 0. The van der Waals surface area contributed by atoms with Crippen LogP contribution in [0.4, 0.5) is 5.69 Å². The molecule has 0 heterocycles. The number of ether oxygens (including phenoxy) is 1. The molecule has 3 N–H and O–H groups in total. The number of carbonyl (C=O) groups is 1. The fraction of sp³-hybridized carbons (Fsp3) is 0.588. The van der Waals surface area contributed by atoms with Crippen molar-refractivity contribution in [1.82, 2.24) is 5.32 Å². The maximum absolute atomic E-state index is 12.4. The number of amides is 1. The van der Waals surface area contributed by atoms with Gasteiger partial charge in [-0.15, -0.1) is 0 Å². The summed E-state index contributed by atoms with van der Waals surface area (Å²) in [6.45, 7) is 1.22.